The lowest BCUT2D eigenvalue weighted by Crippen LogP contribution is -2.04. The average molecular weight is 403 g/mol. The van der Waals surface area contributed by atoms with E-state index in [1.54, 1.807) is 12.7 Å². The summed E-state index contributed by atoms with van der Waals surface area (Å²) in [6, 6.07) is 4.54. The molecule has 0 saturated carbocycles. The summed E-state index contributed by atoms with van der Waals surface area (Å²) in [5.41, 5.74) is 5.65. The smallest absolute Gasteiger partial charge is 0.137 e. The van der Waals surface area contributed by atoms with Gasteiger partial charge in [-0.05, 0) is 56.7 Å². The molecule has 1 atom stereocenters. The molecule has 0 aliphatic carbocycles. The monoisotopic (exact) mass is 401 g/mol. The van der Waals surface area contributed by atoms with Gasteiger partial charge in [-0.25, -0.2) is 9.67 Å². The second-order valence-electron chi connectivity index (χ2n) is 5.08. The van der Waals surface area contributed by atoms with Gasteiger partial charge in [0.05, 0.1) is 0 Å². The number of rotatable bonds is 5. The minimum Gasteiger partial charge on any atom is -0.239 e. The Kier molecular flexibility index (Phi) is 6.89. The Bertz CT molecular complexity index is 515. The Morgan fingerprint density at radius 3 is 2.40 bits per heavy atom. The molecule has 0 bridgehead atoms. The predicted molar refractivity (Wildman–Crippen MR) is 91.9 cm³/mol. The SMILES string of the molecule is Br.Cc1cc(C)c(CCCC(Br)n2cncn2)c(C)c1. The van der Waals surface area contributed by atoms with Crippen LogP contribution in [0.15, 0.2) is 24.8 Å². The molecule has 0 spiro atoms. The zero-order chi connectivity index (χ0) is 13.8. The molecule has 5 heteroatoms. The van der Waals surface area contributed by atoms with Crippen LogP contribution in [0.1, 0.15) is 40.0 Å². The molecule has 0 saturated heterocycles. The van der Waals surface area contributed by atoms with Crippen molar-refractivity contribution < 1.29 is 0 Å². The van der Waals surface area contributed by atoms with Gasteiger partial charge in [-0.1, -0.05) is 33.6 Å². The first-order valence-corrected chi connectivity index (χ1v) is 7.54. The molecule has 0 fully saturated rings. The van der Waals surface area contributed by atoms with Crippen molar-refractivity contribution >= 4 is 32.9 Å². The zero-order valence-electron chi connectivity index (χ0n) is 12.1. The summed E-state index contributed by atoms with van der Waals surface area (Å²) in [6.07, 6.45) is 6.63. The Labute approximate surface area is 139 Å². The highest BCUT2D eigenvalue weighted by Gasteiger charge is 2.08. The number of halogens is 2. The summed E-state index contributed by atoms with van der Waals surface area (Å²) >= 11 is 3.65. The van der Waals surface area contributed by atoms with Gasteiger partial charge in [-0.3, -0.25) is 0 Å². The molecule has 0 aliphatic heterocycles. The molecule has 1 aromatic heterocycles. The quantitative estimate of drug-likeness (QED) is 0.678. The molecule has 2 rings (SSSR count). The van der Waals surface area contributed by atoms with Crippen molar-refractivity contribution in [3.05, 3.63) is 47.0 Å². The van der Waals surface area contributed by atoms with Crippen molar-refractivity contribution in [2.75, 3.05) is 0 Å². The van der Waals surface area contributed by atoms with E-state index in [1.165, 1.54) is 22.3 Å². The second kappa shape index (κ2) is 7.93. The van der Waals surface area contributed by atoms with Gasteiger partial charge in [0.15, 0.2) is 0 Å². The van der Waals surface area contributed by atoms with E-state index in [9.17, 15) is 0 Å². The first-order valence-electron chi connectivity index (χ1n) is 6.63. The van der Waals surface area contributed by atoms with Gasteiger partial charge >= 0.3 is 0 Å². The number of alkyl halides is 1. The Balaban J connectivity index is 0.00000200. The van der Waals surface area contributed by atoms with Crippen LogP contribution in [0, 0.1) is 20.8 Å². The van der Waals surface area contributed by atoms with Crippen LogP contribution < -0.4 is 0 Å². The van der Waals surface area contributed by atoms with Gasteiger partial charge < -0.3 is 0 Å². The standard InChI is InChI=1S/C15H20BrN3.BrH/c1-11-7-12(2)14(13(3)8-11)5-4-6-15(16)19-10-17-9-18-19;/h7-10,15H,4-6H2,1-3H3;1H. The highest BCUT2D eigenvalue weighted by Crippen LogP contribution is 2.23. The third kappa shape index (κ3) is 4.42. The third-order valence-electron chi connectivity index (χ3n) is 3.43. The molecule has 1 heterocycles. The highest BCUT2D eigenvalue weighted by molar-refractivity contribution is 9.09. The van der Waals surface area contributed by atoms with E-state index in [4.69, 9.17) is 0 Å². The molecular weight excluding hydrogens is 382 g/mol. The van der Waals surface area contributed by atoms with Crippen LogP contribution in [-0.2, 0) is 6.42 Å². The fraction of sp³-hybridized carbons (Fsp3) is 0.467. The number of benzene rings is 1. The third-order valence-corrected chi connectivity index (χ3v) is 4.31. The van der Waals surface area contributed by atoms with E-state index in [-0.39, 0.29) is 21.9 Å². The Morgan fingerprint density at radius 1 is 1.20 bits per heavy atom. The number of aromatic nitrogens is 3. The van der Waals surface area contributed by atoms with Gasteiger partial charge in [0.2, 0.25) is 0 Å². The van der Waals surface area contributed by atoms with Crippen LogP contribution in [0.5, 0.6) is 0 Å². The fourth-order valence-corrected chi connectivity index (χ4v) is 3.08. The normalized spacial score (nSPS) is 12.0. The first kappa shape index (κ1) is 17.4. The molecule has 1 aromatic carbocycles. The zero-order valence-corrected chi connectivity index (χ0v) is 15.4. The lowest BCUT2D eigenvalue weighted by molar-refractivity contribution is 0.549. The summed E-state index contributed by atoms with van der Waals surface area (Å²) in [4.78, 5) is 4.21. The fourth-order valence-electron chi connectivity index (χ4n) is 2.55. The molecule has 20 heavy (non-hydrogen) atoms. The Morgan fingerprint density at radius 2 is 1.85 bits per heavy atom. The molecule has 2 aromatic rings. The van der Waals surface area contributed by atoms with E-state index in [2.05, 4.69) is 58.9 Å². The summed E-state index contributed by atoms with van der Waals surface area (Å²) < 4.78 is 1.86. The van der Waals surface area contributed by atoms with Gasteiger partial charge in [0.25, 0.3) is 0 Å². The van der Waals surface area contributed by atoms with Gasteiger partial charge in [-0.2, -0.15) is 5.10 Å². The van der Waals surface area contributed by atoms with E-state index in [0.29, 0.717) is 0 Å². The van der Waals surface area contributed by atoms with Crippen LogP contribution in [0.3, 0.4) is 0 Å². The minimum absolute atomic E-state index is 0. The molecule has 0 aliphatic rings. The highest BCUT2D eigenvalue weighted by atomic mass is 79.9. The van der Waals surface area contributed by atoms with E-state index in [1.807, 2.05) is 4.68 Å². The van der Waals surface area contributed by atoms with E-state index in [0.717, 1.165) is 19.3 Å². The molecule has 1 unspecified atom stereocenters. The topological polar surface area (TPSA) is 30.7 Å². The van der Waals surface area contributed by atoms with Crippen molar-refractivity contribution in [1.29, 1.82) is 0 Å². The maximum atomic E-state index is 4.15. The Hall–Kier alpha value is -0.680. The van der Waals surface area contributed by atoms with Crippen molar-refractivity contribution in [1.82, 2.24) is 14.8 Å². The summed E-state index contributed by atoms with van der Waals surface area (Å²) in [5.74, 6) is 0. The van der Waals surface area contributed by atoms with E-state index >= 15 is 0 Å². The van der Waals surface area contributed by atoms with Gasteiger partial charge in [0.1, 0.15) is 17.6 Å². The molecule has 0 radical (unpaired) electrons. The van der Waals surface area contributed by atoms with Crippen LogP contribution in [0.25, 0.3) is 0 Å². The number of hydrogen-bond donors (Lipinski definition) is 0. The summed E-state index contributed by atoms with van der Waals surface area (Å²) in [5, 5.41) is 4.15. The number of nitrogens with zero attached hydrogens (tertiary/aromatic N) is 3. The number of hydrogen-bond acceptors (Lipinski definition) is 2. The minimum atomic E-state index is 0. The molecular formula is C15H21Br2N3. The van der Waals surface area contributed by atoms with Crippen molar-refractivity contribution in [2.45, 2.75) is 45.0 Å². The average Bonchev–Trinajstić information content (AvgIpc) is 2.85. The van der Waals surface area contributed by atoms with Crippen LogP contribution >= 0.6 is 32.9 Å². The van der Waals surface area contributed by atoms with E-state index < -0.39 is 0 Å². The maximum Gasteiger partial charge on any atom is 0.137 e. The molecule has 110 valence electrons. The number of aryl methyl sites for hydroxylation is 3. The lowest BCUT2D eigenvalue weighted by Gasteiger charge is -2.13. The first-order chi connectivity index (χ1) is 9.08. The maximum absolute atomic E-state index is 4.15. The molecule has 3 nitrogen and oxygen atoms in total. The molecule has 0 amide bonds. The van der Waals surface area contributed by atoms with Gasteiger partial charge in [0, 0.05) is 0 Å². The summed E-state index contributed by atoms with van der Waals surface area (Å²) in [6.45, 7) is 6.57. The second-order valence-corrected chi connectivity index (χ2v) is 6.14. The molecule has 0 N–H and O–H groups in total. The van der Waals surface area contributed by atoms with Crippen molar-refractivity contribution in [3.8, 4) is 0 Å². The van der Waals surface area contributed by atoms with Crippen LogP contribution in [-0.4, -0.2) is 14.8 Å². The van der Waals surface area contributed by atoms with Gasteiger partial charge in [-0.15, -0.1) is 17.0 Å². The summed E-state index contributed by atoms with van der Waals surface area (Å²) in [7, 11) is 0. The van der Waals surface area contributed by atoms with Crippen molar-refractivity contribution in [2.24, 2.45) is 0 Å². The largest absolute Gasteiger partial charge is 0.239 e. The predicted octanol–water partition coefficient (Wildman–Crippen LogP) is 4.70. The van der Waals surface area contributed by atoms with Crippen molar-refractivity contribution in [3.63, 3.8) is 0 Å². The lowest BCUT2D eigenvalue weighted by atomic mass is 9.96. The van der Waals surface area contributed by atoms with Crippen LogP contribution in [0.4, 0.5) is 0 Å². The van der Waals surface area contributed by atoms with Crippen LogP contribution in [0.2, 0.25) is 0 Å².